The van der Waals surface area contributed by atoms with Gasteiger partial charge in [0.05, 0.1) is 16.5 Å². The fourth-order valence-corrected chi connectivity index (χ4v) is 4.21. The summed E-state index contributed by atoms with van der Waals surface area (Å²) >= 11 is 0.941. The van der Waals surface area contributed by atoms with Crippen molar-refractivity contribution in [1.29, 1.82) is 0 Å². The van der Waals surface area contributed by atoms with E-state index in [-0.39, 0.29) is 40.4 Å². The van der Waals surface area contributed by atoms with Crippen molar-refractivity contribution in [1.82, 2.24) is 5.32 Å². The minimum absolute atomic E-state index is 0.0373. The number of carboxylic acids is 1. The highest BCUT2D eigenvalue weighted by Crippen LogP contribution is 2.25. The Morgan fingerprint density at radius 2 is 1.80 bits per heavy atom. The van der Waals surface area contributed by atoms with E-state index in [1.54, 1.807) is 0 Å². The maximum atomic E-state index is 12.7. The van der Waals surface area contributed by atoms with Crippen molar-refractivity contribution in [3.05, 3.63) is 63.7 Å². The fraction of sp³-hybridized carbons (Fsp3) is 0.273. The summed E-state index contributed by atoms with van der Waals surface area (Å²) in [6.45, 7) is 1.62. The molecule has 2 atom stereocenters. The van der Waals surface area contributed by atoms with Crippen LogP contribution in [0.3, 0.4) is 0 Å². The monoisotopic (exact) mass is 502 g/mol. The van der Waals surface area contributed by atoms with Gasteiger partial charge in [0, 0.05) is 42.2 Å². The van der Waals surface area contributed by atoms with Crippen LogP contribution < -0.4 is 16.0 Å². The SMILES string of the molecule is CC(=O)Nc1cc(NC(=O)[C@@H]2C[C@H](SC(=O)OCc3ccc([N+](=O)[O-])cc3)CN2)cc(C(=O)O)c1. The molecule has 3 rings (SSSR count). The maximum absolute atomic E-state index is 12.7. The average Bonchev–Trinajstić information content (AvgIpc) is 3.26. The lowest BCUT2D eigenvalue weighted by molar-refractivity contribution is -0.384. The second kappa shape index (κ2) is 11.4. The summed E-state index contributed by atoms with van der Waals surface area (Å²) in [5.41, 5.74) is 0.885. The molecule has 1 fully saturated rings. The van der Waals surface area contributed by atoms with E-state index in [4.69, 9.17) is 4.74 Å². The van der Waals surface area contributed by atoms with Crippen molar-refractivity contribution in [3.63, 3.8) is 0 Å². The van der Waals surface area contributed by atoms with Crippen LogP contribution in [0, 0.1) is 10.1 Å². The number of non-ortho nitro benzene ring substituents is 1. The van der Waals surface area contributed by atoms with Gasteiger partial charge in [0.15, 0.2) is 0 Å². The van der Waals surface area contributed by atoms with Gasteiger partial charge in [-0.25, -0.2) is 9.59 Å². The van der Waals surface area contributed by atoms with Crippen LogP contribution in [0.5, 0.6) is 0 Å². The Morgan fingerprint density at radius 1 is 1.14 bits per heavy atom. The molecule has 1 aliphatic heterocycles. The molecule has 0 radical (unpaired) electrons. The molecule has 13 heteroatoms. The first-order valence-corrected chi connectivity index (χ1v) is 11.3. The number of nitro groups is 1. The molecule has 4 N–H and O–H groups in total. The number of aromatic carboxylic acids is 1. The third kappa shape index (κ3) is 7.52. The van der Waals surface area contributed by atoms with Crippen LogP contribution in [-0.2, 0) is 20.9 Å². The molecule has 0 aliphatic carbocycles. The Balaban J connectivity index is 1.51. The Kier molecular flexibility index (Phi) is 8.39. The van der Waals surface area contributed by atoms with Gasteiger partial charge in [-0.15, -0.1) is 0 Å². The quantitative estimate of drug-likeness (QED) is 0.238. The summed E-state index contributed by atoms with van der Waals surface area (Å²) in [6, 6.07) is 9.05. The second-order valence-corrected chi connectivity index (χ2v) is 8.91. The molecule has 2 amide bonds. The lowest BCUT2D eigenvalue weighted by atomic mass is 10.1. The summed E-state index contributed by atoms with van der Waals surface area (Å²) in [6.07, 6.45) is 0.334. The van der Waals surface area contributed by atoms with Crippen molar-refractivity contribution in [2.75, 3.05) is 17.2 Å². The molecule has 2 aromatic rings. The van der Waals surface area contributed by atoms with Crippen molar-refractivity contribution in [2.24, 2.45) is 0 Å². The van der Waals surface area contributed by atoms with Gasteiger partial charge in [0.1, 0.15) is 6.61 Å². The standard InChI is InChI=1S/C22H22N4O8S/c1-12(27)24-15-6-14(21(29)30)7-16(8-15)25-20(28)19-9-18(10-23-19)35-22(31)34-11-13-2-4-17(5-3-13)26(32)33/h2-8,18-19,23H,9-11H2,1H3,(H,24,27)(H,25,28)(H,29,30)/t18-,19-/m0/s1. The first-order chi connectivity index (χ1) is 16.6. The normalized spacial score (nSPS) is 16.8. The number of carbonyl (C=O) groups excluding carboxylic acids is 3. The number of benzene rings is 2. The minimum Gasteiger partial charge on any atom is -0.478 e. The highest BCUT2D eigenvalue weighted by atomic mass is 32.2. The molecule has 1 saturated heterocycles. The van der Waals surface area contributed by atoms with Crippen molar-refractivity contribution in [2.45, 2.75) is 31.2 Å². The van der Waals surface area contributed by atoms with Gasteiger partial charge < -0.3 is 25.8 Å². The third-order valence-corrected chi connectivity index (χ3v) is 5.94. The van der Waals surface area contributed by atoms with Crippen LogP contribution in [0.4, 0.5) is 21.9 Å². The van der Waals surface area contributed by atoms with Gasteiger partial charge >= 0.3 is 11.3 Å². The number of hydrogen-bond acceptors (Lipinski definition) is 9. The number of carbonyl (C=O) groups is 4. The predicted molar refractivity (Wildman–Crippen MR) is 127 cm³/mol. The van der Waals surface area contributed by atoms with Crippen LogP contribution in [0.2, 0.25) is 0 Å². The number of anilines is 2. The Labute approximate surface area is 203 Å². The van der Waals surface area contributed by atoms with E-state index in [1.807, 2.05) is 0 Å². The molecule has 1 heterocycles. The maximum Gasteiger partial charge on any atom is 0.367 e. The second-order valence-electron chi connectivity index (χ2n) is 7.67. The molecular formula is C22H22N4O8S. The molecule has 0 saturated carbocycles. The van der Waals surface area contributed by atoms with E-state index in [0.717, 1.165) is 11.8 Å². The largest absolute Gasteiger partial charge is 0.478 e. The smallest absolute Gasteiger partial charge is 0.367 e. The Bertz CT molecular complexity index is 1150. The summed E-state index contributed by atoms with van der Waals surface area (Å²) in [5.74, 6) is -2.01. The summed E-state index contributed by atoms with van der Waals surface area (Å²) in [5, 5.41) is 27.3. The molecule has 1 aliphatic rings. The first-order valence-electron chi connectivity index (χ1n) is 10.4. The number of carboxylic acid groups (broad SMARTS) is 1. The zero-order chi connectivity index (χ0) is 25.5. The van der Waals surface area contributed by atoms with Crippen LogP contribution in [0.1, 0.15) is 29.3 Å². The molecule has 35 heavy (non-hydrogen) atoms. The van der Waals surface area contributed by atoms with E-state index >= 15 is 0 Å². The van der Waals surface area contributed by atoms with Crippen molar-refractivity contribution in [3.8, 4) is 0 Å². The topological polar surface area (TPSA) is 177 Å². The zero-order valence-corrected chi connectivity index (χ0v) is 19.3. The molecule has 184 valence electrons. The first kappa shape index (κ1) is 25.6. The number of thioether (sulfide) groups is 1. The number of ether oxygens (including phenoxy) is 1. The van der Waals surface area contributed by atoms with Crippen molar-refractivity contribution >= 4 is 51.9 Å². The summed E-state index contributed by atoms with van der Waals surface area (Å²) < 4.78 is 5.20. The number of nitrogens with zero attached hydrogens (tertiary/aromatic N) is 1. The molecule has 12 nitrogen and oxygen atoms in total. The van der Waals surface area contributed by atoms with Gasteiger partial charge in [0.25, 0.3) is 5.69 Å². The summed E-state index contributed by atoms with van der Waals surface area (Å²) in [7, 11) is 0. The van der Waals surface area contributed by atoms with E-state index < -0.39 is 28.1 Å². The van der Waals surface area contributed by atoms with E-state index in [1.165, 1.54) is 49.4 Å². The molecule has 0 aromatic heterocycles. The van der Waals surface area contributed by atoms with Gasteiger partial charge in [-0.1, -0.05) is 0 Å². The van der Waals surface area contributed by atoms with Gasteiger partial charge in [0.2, 0.25) is 11.8 Å². The lowest BCUT2D eigenvalue weighted by Gasteiger charge is -2.13. The van der Waals surface area contributed by atoms with Gasteiger partial charge in [-0.05, 0) is 54.1 Å². The van der Waals surface area contributed by atoms with Crippen molar-refractivity contribution < 1.29 is 33.9 Å². The van der Waals surface area contributed by atoms with Gasteiger partial charge in [-0.2, -0.15) is 0 Å². The third-order valence-electron chi connectivity index (χ3n) is 4.94. The number of amides is 2. The Hall–Kier alpha value is -3.97. The van der Waals surface area contributed by atoms with E-state index in [9.17, 15) is 34.4 Å². The molecular weight excluding hydrogens is 480 g/mol. The molecule has 0 bridgehead atoms. The highest BCUT2D eigenvalue weighted by molar-refractivity contribution is 8.13. The van der Waals surface area contributed by atoms with Crippen LogP contribution in [0.15, 0.2) is 42.5 Å². The zero-order valence-electron chi connectivity index (χ0n) is 18.5. The van der Waals surface area contributed by atoms with Crippen LogP contribution in [0.25, 0.3) is 0 Å². The number of nitro benzene ring substituents is 1. The molecule has 2 aromatic carbocycles. The summed E-state index contributed by atoms with van der Waals surface area (Å²) in [4.78, 5) is 57.6. The number of hydrogen-bond donors (Lipinski definition) is 4. The average molecular weight is 503 g/mol. The van der Waals surface area contributed by atoms with Crippen LogP contribution >= 0.6 is 11.8 Å². The van der Waals surface area contributed by atoms with E-state index in [0.29, 0.717) is 18.5 Å². The molecule has 0 unspecified atom stereocenters. The lowest BCUT2D eigenvalue weighted by Crippen LogP contribution is -2.35. The minimum atomic E-state index is -1.21. The highest BCUT2D eigenvalue weighted by Gasteiger charge is 2.32. The number of rotatable bonds is 8. The van der Waals surface area contributed by atoms with E-state index in [2.05, 4.69) is 16.0 Å². The Morgan fingerprint density at radius 3 is 2.40 bits per heavy atom. The van der Waals surface area contributed by atoms with Gasteiger partial charge in [-0.3, -0.25) is 19.7 Å². The number of nitrogens with one attached hydrogen (secondary N) is 3. The fourth-order valence-electron chi connectivity index (χ4n) is 3.35. The molecule has 0 spiro atoms. The predicted octanol–water partition coefficient (Wildman–Crippen LogP) is 2.99. The van der Waals surface area contributed by atoms with Crippen LogP contribution in [-0.4, -0.2) is 51.0 Å².